The first-order valence-electron chi connectivity index (χ1n) is 10.2. The number of aromatic nitrogens is 2. The molecule has 1 amide bonds. The van der Waals surface area contributed by atoms with E-state index in [4.69, 9.17) is 21.2 Å². The average Bonchev–Trinajstić information content (AvgIpc) is 3.24. The van der Waals surface area contributed by atoms with Crippen molar-refractivity contribution >= 4 is 11.7 Å². The zero-order valence-electron chi connectivity index (χ0n) is 17.0. The van der Waals surface area contributed by atoms with E-state index in [2.05, 4.69) is 9.88 Å². The lowest BCUT2D eigenvalue weighted by molar-refractivity contribution is 0.0995. The van der Waals surface area contributed by atoms with Gasteiger partial charge in [0.15, 0.2) is 5.82 Å². The molecule has 1 aromatic heterocycles. The summed E-state index contributed by atoms with van der Waals surface area (Å²) in [6, 6.07) is 14.9. The predicted molar refractivity (Wildman–Crippen MR) is 116 cm³/mol. The van der Waals surface area contributed by atoms with Gasteiger partial charge in [0.05, 0.1) is 0 Å². The van der Waals surface area contributed by atoms with Gasteiger partial charge in [-0.3, -0.25) is 4.79 Å². The molecule has 4 N–H and O–H groups in total. The largest absolute Gasteiger partial charge is 0.457 e. The summed E-state index contributed by atoms with van der Waals surface area (Å²) in [4.78, 5) is 23.1. The lowest BCUT2D eigenvalue weighted by Crippen LogP contribution is -2.32. The van der Waals surface area contributed by atoms with E-state index in [1.807, 2.05) is 12.1 Å². The number of ether oxygens (including phenoxy) is 1. The van der Waals surface area contributed by atoms with Crippen LogP contribution in [0.15, 0.2) is 54.6 Å². The second-order valence-electron chi connectivity index (χ2n) is 7.45. The van der Waals surface area contributed by atoms with Crippen LogP contribution in [0.3, 0.4) is 0 Å². The second-order valence-corrected chi connectivity index (χ2v) is 7.45. The maximum Gasteiger partial charge on any atom is 0.267 e. The molecule has 1 aliphatic rings. The fraction of sp³-hybridized carbons (Fsp3) is 0.261. The standard InChI is InChI=1S/C23H24FN5O2/c24-16-5-9-19(10-6-16)31-18-7-3-15(4-8-18)23-27-20(22(26)30)14-21(28-23)29-13-1-2-17(29)11-12-25/h3-10,14,17H,1-2,11-13,25H2,(H2,26,30)/t17-/m0/s1. The number of nitrogens with two attached hydrogens (primary N) is 2. The van der Waals surface area contributed by atoms with Gasteiger partial charge in [-0.2, -0.15) is 0 Å². The highest BCUT2D eigenvalue weighted by molar-refractivity contribution is 5.92. The van der Waals surface area contributed by atoms with Gasteiger partial charge in [0.1, 0.15) is 28.8 Å². The first-order chi connectivity index (χ1) is 15.0. The minimum absolute atomic E-state index is 0.171. The quantitative estimate of drug-likeness (QED) is 0.605. The summed E-state index contributed by atoms with van der Waals surface area (Å²) in [6.07, 6.45) is 2.95. The third-order valence-corrected chi connectivity index (χ3v) is 5.30. The molecule has 0 bridgehead atoms. The van der Waals surface area contributed by atoms with Crippen molar-refractivity contribution in [2.75, 3.05) is 18.0 Å². The van der Waals surface area contributed by atoms with E-state index in [9.17, 15) is 9.18 Å². The normalized spacial score (nSPS) is 15.8. The highest BCUT2D eigenvalue weighted by atomic mass is 19.1. The van der Waals surface area contributed by atoms with Gasteiger partial charge >= 0.3 is 0 Å². The summed E-state index contributed by atoms with van der Waals surface area (Å²) in [5.41, 5.74) is 12.2. The highest BCUT2D eigenvalue weighted by Crippen LogP contribution is 2.29. The Bertz CT molecular complexity index is 1060. The van der Waals surface area contributed by atoms with Gasteiger partial charge in [0.25, 0.3) is 5.91 Å². The lowest BCUT2D eigenvalue weighted by Gasteiger charge is -2.26. The number of carbonyl (C=O) groups is 1. The van der Waals surface area contributed by atoms with Crippen LogP contribution < -0.4 is 21.1 Å². The maximum atomic E-state index is 13.1. The number of anilines is 1. The molecule has 7 nitrogen and oxygen atoms in total. The number of benzene rings is 2. The van der Waals surface area contributed by atoms with Gasteiger partial charge in [-0.05, 0) is 74.3 Å². The predicted octanol–water partition coefficient (Wildman–Crippen LogP) is 3.49. The second kappa shape index (κ2) is 9.09. The molecule has 1 aliphatic heterocycles. The maximum absolute atomic E-state index is 13.1. The van der Waals surface area contributed by atoms with Gasteiger partial charge < -0.3 is 21.1 Å². The van der Waals surface area contributed by atoms with Crippen LogP contribution in [0.1, 0.15) is 29.8 Å². The molecule has 4 rings (SSSR count). The number of hydrogen-bond acceptors (Lipinski definition) is 6. The Morgan fingerprint density at radius 2 is 1.77 bits per heavy atom. The van der Waals surface area contributed by atoms with E-state index in [0.717, 1.165) is 31.4 Å². The fourth-order valence-corrected chi connectivity index (χ4v) is 3.78. The molecule has 31 heavy (non-hydrogen) atoms. The van der Waals surface area contributed by atoms with Gasteiger partial charge in [-0.1, -0.05) is 0 Å². The van der Waals surface area contributed by atoms with Crippen LogP contribution in [-0.2, 0) is 0 Å². The molecular weight excluding hydrogens is 397 g/mol. The lowest BCUT2D eigenvalue weighted by atomic mass is 10.1. The van der Waals surface area contributed by atoms with Crippen molar-refractivity contribution in [1.82, 2.24) is 9.97 Å². The monoisotopic (exact) mass is 421 g/mol. The summed E-state index contributed by atoms with van der Waals surface area (Å²) in [6.45, 7) is 1.45. The summed E-state index contributed by atoms with van der Waals surface area (Å²) < 4.78 is 18.8. The van der Waals surface area contributed by atoms with E-state index in [1.165, 1.54) is 12.1 Å². The third-order valence-electron chi connectivity index (χ3n) is 5.30. The highest BCUT2D eigenvalue weighted by Gasteiger charge is 2.26. The van der Waals surface area contributed by atoms with Crippen LogP contribution in [0.25, 0.3) is 11.4 Å². The average molecular weight is 421 g/mol. The number of rotatable bonds is 7. The van der Waals surface area contributed by atoms with Crippen molar-refractivity contribution in [3.63, 3.8) is 0 Å². The number of primary amides is 1. The van der Waals surface area contributed by atoms with Crippen LogP contribution in [0, 0.1) is 5.82 Å². The zero-order valence-corrected chi connectivity index (χ0v) is 17.0. The van der Waals surface area contributed by atoms with Gasteiger partial charge in [0.2, 0.25) is 0 Å². The number of carbonyl (C=O) groups excluding carboxylic acids is 1. The molecule has 1 atom stereocenters. The Morgan fingerprint density at radius 1 is 1.10 bits per heavy atom. The summed E-state index contributed by atoms with van der Waals surface area (Å²) in [5, 5.41) is 0. The van der Waals surface area contributed by atoms with Crippen molar-refractivity contribution in [2.45, 2.75) is 25.3 Å². The number of hydrogen-bond donors (Lipinski definition) is 2. The molecule has 2 aromatic carbocycles. The molecule has 0 radical (unpaired) electrons. The number of amides is 1. The summed E-state index contributed by atoms with van der Waals surface area (Å²) in [7, 11) is 0. The molecule has 0 spiro atoms. The number of halogens is 1. The molecule has 1 fully saturated rings. The first kappa shape index (κ1) is 20.7. The molecule has 1 saturated heterocycles. The Morgan fingerprint density at radius 3 is 2.42 bits per heavy atom. The van der Waals surface area contributed by atoms with E-state index in [0.29, 0.717) is 35.7 Å². The van der Waals surface area contributed by atoms with Gasteiger partial charge in [0, 0.05) is 24.2 Å². The van der Waals surface area contributed by atoms with Crippen LogP contribution in [0.4, 0.5) is 10.2 Å². The van der Waals surface area contributed by atoms with Crippen molar-refractivity contribution in [2.24, 2.45) is 11.5 Å². The first-order valence-corrected chi connectivity index (χ1v) is 10.2. The van der Waals surface area contributed by atoms with E-state index < -0.39 is 5.91 Å². The van der Waals surface area contributed by atoms with Crippen LogP contribution in [0.5, 0.6) is 11.5 Å². The van der Waals surface area contributed by atoms with Crippen LogP contribution >= 0.6 is 0 Å². The molecule has 3 aromatic rings. The van der Waals surface area contributed by atoms with Crippen molar-refractivity contribution < 1.29 is 13.9 Å². The minimum Gasteiger partial charge on any atom is -0.457 e. The summed E-state index contributed by atoms with van der Waals surface area (Å²) >= 11 is 0. The van der Waals surface area contributed by atoms with E-state index >= 15 is 0 Å². The minimum atomic E-state index is -0.601. The van der Waals surface area contributed by atoms with Crippen molar-refractivity contribution in [3.05, 3.63) is 66.1 Å². The molecule has 8 heteroatoms. The van der Waals surface area contributed by atoms with Gasteiger partial charge in [-0.25, -0.2) is 14.4 Å². The smallest absolute Gasteiger partial charge is 0.267 e. The SMILES string of the molecule is NCC[C@@H]1CCCN1c1cc(C(N)=O)nc(-c2ccc(Oc3ccc(F)cc3)cc2)n1. The third kappa shape index (κ3) is 4.80. The van der Waals surface area contributed by atoms with Crippen molar-refractivity contribution in [1.29, 1.82) is 0 Å². The van der Waals surface area contributed by atoms with Crippen molar-refractivity contribution in [3.8, 4) is 22.9 Å². The molecule has 0 unspecified atom stereocenters. The molecule has 0 saturated carbocycles. The molecular formula is C23H24FN5O2. The van der Waals surface area contributed by atoms with E-state index in [-0.39, 0.29) is 11.5 Å². The van der Waals surface area contributed by atoms with E-state index in [1.54, 1.807) is 30.3 Å². The van der Waals surface area contributed by atoms with Crippen LogP contribution in [0.2, 0.25) is 0 Å². The molecule has 2 heterocycles. The summed E-state index contributed by atoms with van der Waals surface area (Å²) in [5.74, 6) is 1.29. The topological polar surface area (TPSA) is 107 Å². The Hall–Kier alpha value is -3.52. The fourth-order valence-electron chi connectivity index (χ4n) is 3.78. The zero-order chi connectivity index (χ0) is 21.8. The molecule has 160 valence electrons. The molecule has 0 aliphatic carbocycles. The Balaban J connectivity index is 1.61. The van der Waals surface area contributed by atoms with Gasteiger partial charge in [-0.15, -0.1) is 0 Å². The van der Waals surface area contributed by atoms with Crippen LogP contribution in [-0.4, -0.2) is 35.0 Å². The Labute approximate surface area is 179 Å². The Kier molecular flexibility index (Phi) is 6.08. The number of nitrogens with zero attached hydrogens (tertiary/aromatic N) is 3.